The van der Waals surface area contributed by atoms with Crippen LogP contribution < -0.4 is 5.56 Å². The van der Waals surface area contributed by atoms with E-state index in [0.29, 0.717) is 10.8 Å². The maximum Gasteiger partial charge on any atom is 0.270 e. The zero-order chi connectivity index (χ0) is 17.4. The van der Waals surface area contributed by atoms with E-state index in [2.05, 4.69) is 22.1 Å². The number of rotatable bonds is 2. The van der Waals surface area contributed by atoms with Crippen LogP contribution in [0.2, 0.25) is 0 Å². The molecule has 0 amide bonds. The van der Waals surface area contributed by atoms with E-state index in [0.717, 1.165) is 30.2 Å². The zero-order valence-corrected chi connectivity index (χ0v) is 14.6. The number of hydrogen-bond acceptors (Lipinski definition) is 5. The van der Waals surface area contributed by atoms with Gasteiger partial charge in [-0.25, -0.2) is 9.97 Å². The molecule has 1 unspecified atom stereocenters. The molecule has 5 nitrogen and oxygen atoms in total. The zero-order valence-electron chi connectivity index (χ0n) is 13.8. The van der Waals surface area contributed by atoms with Crippen molar-refractivity contribution in [3.63, 3.8) is 0 Å². The van der Waals surface area contributed by atoms with Gasteiger partial charge in [0.1, 0.15) is 17.3 Å². The summed E-state index contributed by atoms with van der Waals surface area (Å²) in [6.07, 6.45) is 6.48. The van der Waals surface area contributed by atoms with Crippen molar-refractivity contribution in [3.8, 4) is 6.07 Å². The van der Waals surface area contributed by atoms with Gasteiger partial charge in [0, 0.05) is 11.6 Å². The van der Waals surface area contributed by atoms with Crippen LogP contribution in [0.15, 0.2) is 46.5 Å². The highest BCUT2D eigenvalue weighted by Crippen LogP contribution is 2.33. The predicted octanol–water partition coefficient (Wildman–Crippen LogP) is 3.31. The van der Waals surface area contributed by atoms with Gasteiger partial charge in [-0.1, -0.05) is 36.0 Å². The number of benzene rings is 1. The Kier molecular flexibility index (Phi) is 4.02. The van der Waals surface area contributed by atoms with E-state index in [4.69, 9.17) is 0 Å². The van der Waals surface area contributed by atoms with Gasteiger partial charge in [0.2, 0.25) is 0 Å². The summed E-state index contributed by atoms with van der Waals surface area (Å²) in [5, 5.41) is 10.7. The van der Waals surface area contributed by atoms with Crippen LogP contribution in [0.4, 0.5) is 0 Å². The van der Waals surface area contributed by atoms with E-state index in [-0.39, 0.29) is 17.2 Å². The first kappa shape index (κ1) is 15.9. The molecule has 0 saturated carbocycles. The van der Waals surface area contributed by atoms with Gasteiger partial charge in [-0.05, 0) is 42.7 Å². The van der Waals surface area contributed by atoms with Crippen LogP contribution in [0.5, 0.6) is 0 Å². The molecule has 124 valence electrons. The third-order valence-corrected chi connectivity index (χ3v) is 5.27. The van der Waals surface area contributed by atoms with Gasteiger partial charge in [0.25, 0.3) is 5.56 Å². The van der Waals surface area contributed by atoms with Crippen LogP contribution >= 0.6 is 11.8 Å². The minimum atomic E-state index is -0.276. The van der Waals surface area contributed by atoms with Crippen LogP contribution in [-0.2, 0) is 6.42 Å². The quantitative estimate of drug-likeness (QED) is 0.525. The van der Waals surface area contributed by atoms with Crippen molar-refractivity contribution in [3.05, 3.63) is 63.6 Å². The molecule has 1 aliphatic carbocycles. The lowest BCUT2D eigenvalue weighted by Crippen LogP contribution is -2.30. The molecule has 6 heteroatoms. The van der Waals surface area contributed by atoms with E-state index >= 15 is 0 Å². The average molecular weight is 348 g/mol. The maximum absolute atomic E-state index is 13.0. The third kappa shape index (κ3) is 2.61. The molecule has 1 aliphatic rings. The number of fused-ring (bicyclic) bond motifs is 2. The molecule has 0 fully saturated rings. The van der Waals surface area contributed by atoms with E-state index in [1.807, 2.05) is 24.5 Å². The highest BCUT2D eigenvalue weighted by molar-refractivity contribution is 7.98. The van der Waals surface area contributed by atoms with E-state index < -0.39 is 0 Å². The standard InChI is InChI=1S/C19H16N4OS/c1-25-19-21-11-14-9-13(10-20)18(24)23(17(14)22-19)16-8-4-6-12-5-2-3-7-15(12)16/h2-3,5,7,9,11,16H,4,6,8H2,1H3. The molecule has 0 radical (unpaired) electrons. The van der Waals surface area contributed by atoms with Crippen LogP contribution in [0.1, 0.15) is 35.6 Å². The highest BCUT2D eigenvalue weighted by Gasteiger charge is 2.25. The molecule has 2 heterocycles. The summed E-state index contributed by atoms with van der Waals surface area (Å²) in [5.74, 6) is 0. The third-order valence-electron chi connectivity index (χ3n) is 4.70. The number of nitrogens with zero attached hydrogens (tertiary/aromatic N) is 4. The fourth-order valence-electron chi connectivity index (χ4n) is 3.57. The number of hydrogen-bond donors (Lipinski definition) is 0. The van der Waals surface area contributed by atoms with Gasteiger partial charge in [-0.15, -0.1) is 0 Å². The summed E-state index contributed by atoms with van der Waals surface area (Å²) >= 11 is 1.44. The molecule has 0 spiro atoms. The monoisotopic (exact) mass is 348 g/mol. The maximum atomic E-state index is 13.0. The normalized spacial score (nSPS) is 16.4. The largest absolute Gasteiger partial charge is 0.284 e. The molecular weight excluding hydrogens is 332 g/mol. The van der Waals surface area contributed by atoms with Gasteiger partial charge in [-0.2, -0.15) is 5.26 Å². The van der Waals surface area contributed by atoms with Crippen LogP contribution in [0.3, 0.4) is 0 Å². The Balaban J connectivity index is 2.06. The smallest absolute Gasteiger partial charge is 0.270 e. The number of thioether (sulfide) groups is 1. The lowest BCUT2D eigenvalue weighted by atomic mass is 9.87. The lowest BCUT2D eigenvalue weighted by Gasteiger charge is -2.28. The first-order valence-electron chi connectivity index (χ1n) is 8.17. The summed E-state index contributed by atoms with van der Waals surface area (Å²) in [4.78, 5) is 21.9. The molecule has 0 saturated heterocycles. The van der Waals surface area contributed by atoms with E-state index in [1.165, 1.54) is 17.3 Å². The van der Waals surface area contributed by atoms with Crippen LogP contribution in [0, 0.1) is 11.3 Å². The number of aromatic nitrogens is 3. The van der Waals surface area contributed by atoms with Crippen molar-refractivity contribution >= 4 is 22.8 Å². The molecule has 0 N–H and O–H groups in total. The Hall–Kier alpha value is -2.65. The van der Waals surface area contributed by atoms with Crippen molar-refractivity contribution < 1.29 is 0 Å². The van der Waals surface area contributed by atoms with Crippen molar-refractivity contribution in [1.29, 1.82) is 5.26 Å². The molecule has 3 aromatic rings. The molecule has 1 aromatic carbocycles. The van der Waals surface area contributed by atoms with Crippen molar-refractivity contribution in [2.24, 2.45) is 0 Å². The first-order chi connectivity index (χ1) is 12.2. The van der Waals surface area contributed by atoms with E-state index in [1.54, 1.807) is 16.8 Å². The summed E-state index contributed by atoms with van der Waals surface area (Å²) < 4.78 is 1.70. The second-order valence-electron chi connectivity index (χ2n) is 6.09. The second-order valence-corrected chi connectivity index (χ2v) is 6.86. The van der Waals surface area contributed by atoms with Gasteiger partial charge in [-0.3, -0.25) is 9.36 Å². The average Bonchev–Trinajstić information content (AvgIpc) is 2.67. The highest BCUT2D eigenvalue weighted by atomic mass is 32.2. The second kappa shape index (κ2) is 6.34. The van der Waals surface area contributed by atoms with Crippen molar-refractivity contribution in [2.75, 3.05) is 6.26 Å². The minimum Gasteiger partial charge on any atom is -0.284 e. The predicted molar refractivity (Wildman–Crippen MR) is 97.8 cm³/mol. The van der Waals surface area contributed by atoms with Crippen LogP contribution in [-0.4, -0.2) is 20.8 Å². The summed E-state index contributed by atoms with van der Waals surface area (Å²) in [6, 6.07) is 11.7. The molecule has 1 atom stereocenters. The Bertz CT molecular complexity index is 1070. The molecule has 4 rings (SSSR count). The Morgan fingerprint density at radius 1 is 1.36 bits per heavy atom. The molecule has 0 bridgehead atoms. The fourth-order valence-corrected chi connectivity index (χ4v) is 3.90. The SMILES string of the molecule is CSc1ncc2cc(C#N)c(=O)n(C3CCCc4ccccc43)c2n1. The summed E-state index contributed by atoms with van der Waals surface area (Å²) in [7, 11) is 0. The number of aryl methyl sites for hydroxylation is 1. The Morgan fingerprint density at radius 2 is 2.20 bits per heavy atom. The first-order valence-corrected chi connectivity index (χ1v) is 9.39. The molecule has 0 aliphatic heterocycles. The lowest BCUT2D eigenvalue weighted by molar-refractivity contribution is 0.486. The van der Waals surface area contributed by atoms with Gasteiger partial charge in [0.15, 0.2) is 5.16 Å². The number of pyridine rings is 1. The van der Waals surface area contributed by atoms with E-state index in [9.17, 15) is 10.1 Å². The molecular formula is C19H16N4OS. The fraction of sp³-hybridized carbons (Fsp3) is 0.263. The van der Waals surface area contributed by atoms with Gasteiger partial charge < -0.3 is 0 Å². The van der Waals surface area contributed by atoms with Crippen molar-refractivity contribution in [1.82, 2.24) is 14.5 Å². The minimum absolute atomic E-state index is 0.0992. The van der Waals surface area contributed by atoms with Crippen LogP contribution in [0.25, 0.3) is 11.0 Å². The topological polar surface area (TPSA) is 71.6 Å². The van der Waals surface area contributed by atoms with Gasteiger partial charge >= 0.3 is 0 Å². The van der Waals surface area contributed by atoms with Gasteiger partial charge in [0.05, 0.1) is 6.04 Å². The van der Waals surface area contributed by atoms with Crippen molar-refractivity contribution in [2.45, 2.75) is 30.5 Å². The molecule has 2 aromatic heterocycles. The Labute approximate surface area is 149 Å². The number of nitriles is 1. The summed E-state index contributed by atoms with van der Waals surface area (Å²) in [5.41, 5.74) is 2.88. The Morgan fingerprint density at radius 3 is 3.00 bits per heavy atom. The molecule has 25 heavy (non-hydrogen) atoms. The summed E-state index contributed by atoms with van der Waals surface area (Å²) in [6.45, 7) is 0.